The van der Waals surface area contributed by atoms with Gasteiger partial charge in [-0.3, -0.25) is 0 Å². The summed E-state index contributed by atoms with van der Waals surface area (Å²) in [7, 11) is 0. The van der Waals surface area contributed by atoms with Gasteiger partial charge in [-0.15, -0.1) is 0 Å². The number of hydrogen-bond donors (Lipinski definition) is 0. The Labute approximate surface area is 154 Å². The van der Waals surface area contributed by atoms with Gasteiger partial charge in [0.2, 0.25) is 0 Å². The van der Waals surface area contributed by atoms with Gasteiger partial charge in [-0.05, 0) is 52.3 Å². The molecule has 26 heavy (non-hydrogen) atoms. The van der Waals surface area contributed by atoms with Crippen LogP contribution in [-0.2, 0) is 0 Å². The highest BCUT2D eigenvalue weighted by molar-refractivity contribution is 5.86. The fourth-order valence-electron chi connectivity index (χ4n) is 3.51. The van der Waals surface area contributed by atoms with E-state index in [-0.39, 0.29) is 5.56 Å². The summed E-state index contributed by atoms with van der Waals surface area (Å²) in [5.41, 5.74) is 5.43. The molecule has 1 unspecified atom stereocenters. The van der Waals surface area contributed by atoms with E-state index in [1.54, 1.807) is 6.07 Å². The molecule has 3 aromatic carbocycles. The third-order valence-corrected chi connectivity index (χ3v) is 4.81. The molecule has 0 bridgehead atoms. The fraction of sp³-hybridized carbons (Fsp3) is 0.208. The van der Waals surface area contributed by atoms with E-state index in [2.05, 4.69) is 32.0 Å². The van der Waals surface area contributed by atoms with E-state index < -0.39 is 5.82 Å². The van der Waals surface area contributed by atoms with Crippen molar-refractivity contribution >= 4 is 0 Å². The zero-order chi connectivity index (χ0) is 18.5. The topological polar surface area (TPSA) is 23.8 Å². The zero-order valence-corrected chi connectivity index (χ0v) is 15.2. The molecule has 0 radical (unpaired) electrons. The molecular weight excluding hydrogens is 321 g/mol. The Balaban J connectivity index is 2.24. The smallest absolute Gasteiger partial charge is 0.141 e. The lowest BCUT2D eigenvalue weighted by Crippen LogP contribution is -1.99. The molecule has 1 atom stereocenters. The number of halogens is 1. The van der Waals surface area contributed by atoms with Crippen LogP contribution < -0.4 is 0 Å². The molecule has 0 spiro atoms. The summed E-state index contributed by atoms with van der Waals surface area (Å²) in [5.74, 6) is -0.0607. The molecular formula is C24H22FN. The molecule has 0 saturated heterocycles. The van der Waals surface area contributed by atoms with Crippen molar-refractivity contribution in [3.63, 3.8) is 0 Å². The highest BCUT2D eigenvalue weighted by atomic mass is 19.1. The Morgan fingerprint density at radius 3 is 2.38 bits per heavy atom. The standard InChI is InChI=1S/C24H22FN/c1-3-8-17(2)21-11-7-12-22(24(21)18-9-5-4-6-10-18)19-13-14-20(16-26)23(25)15-19/h4-7,9-15,17H,3,8H2,1-2H3. The first-order chi connectivity index (χ1) is 12.7. The predicted molar refractivity (Wildman–Crippen MR) is 105 cm³/mol. The van der Waals surface area contributed by atoms with E-state index in [1.807, 2.05) is 42.5 Å². The van der Waals surface area contributed by atoms with Crippen LogP contribution in [0.3, 0.4) is 0 Å². The molecule has 1 nitrogen and oxygen atoms in total. The lowest BCUT2D eigenvalue weighted by atomic mass is 9.84. The van der Waals surface area contributed by atoms with Crippen LogP contribution in [0.15, 0.2) is 66.7 Å². The summed E-state index contributed by atoms with van der Waals surface area (Å²) in [6.45, 7) is 4.44. The van der Waals surface area contributed by atoms with Gasteiger partial charge in [0.15, 0.2) is 0 Å². The maximum Gasteiger partial charge on any atom is 0.141 e. The van der Waals surface area contributed by atoms with Gasteiger partial charge in [0.1, 0.15) is 11.9 Å². The molecule has 0 amide bonds. The second-order valence-electron chi connectivity index (χ2n) is 6.63. The third-order valence-electron chi connectivity index (χ3n) is 4.81. The van der Waals surface area contributed by atoms with Crippen LogP contribution in [0.25, 0.3) is 22.3 Å². The number of rotatable bonds is 5. The van der Waals surface area contributed by atoms with Crippen LogP contribution in [0.2, 0.25) is 0 Å². The molecule has 0 N–H and O–H groups in total. The van der Waals surface area contributed by atoms with Crippen molar-refractivity contribution in [1.82, 2.24) is 0 Å². The molecule has 130 valence electrons. The predicted octanol–water partition coefficient (Wildman–Crippen LogP) is 6.93. The molecule has 0 aliphatic carbocycles. The van der Waals surface area contributed by atoms with Crippen molar-refractivity contribution in [2.24, 2.45) is 0 Å². The molecule has 3 rings (SSSR count). The lowest BCUT2D eigenvalue weighted by molar-refractivity contribution is 0.624. The highest BCUT2D eigenvalue weighted by Crippen LogP contribution is 2.39. The second kappa shape index (κ2) is 7.97. The Kier molecular flexibility index (Phi) is 5.49. The summed E-state index contributed by atoms with van der Waals surface area (Å²) in [5, 5.41) is 9.00. The molecule has 0 aliphatic heterocycles. The highest BCUT2D eigenvalue weighted by Gasteiger charge is 2.17. The van der Waals surface area contributed by atoms with Crippen LogP contribution in [0.5, 0.6) is 0 Å². The van der Waals surface area contributed by atoms with Crippen molar-refractivity contribution in [2.45, 2.75) is 32.6 Å². The van der Waals surface area contributed by atoms with E-state index >= 15 is 0 Å². The normalized spacial score (nSPS) is 11.8. The van der Waals surface area contributed by atoms with E-state index in [1.165, 1.54) is 11.6 Å². The molecule has 0 heterocycles. The summed E-state index contributed by atoms with van der Waals surface area (Å²) in [6, 6.07) is 23.2. The monoisotopic (exact) mass is 343 g/mol. The van der Waals surface area contributed by atoms with Gasteiger partial charge in [-0.2, -0.15) is 5.26 Å². The summed E-state index contributed by atoms with van der Waals surface area (Å²) < 4.78 is 14.2. The van der Waals surface area contributed by atoms with E-state index in [0.29, 0.717) is 5.92 Å². The molecule has 0 saturated carbocycles. The maximum absolute atomic E-state index is 14.2. The van der Waals surface area contributed by atoms with Gasteiger partial charge >= 0.3 is 0 Å². The first-order valence-electron chi connectivity index (χ1n) is 9.04. The van der Waals surface area contributed by atoms with Gasteiger partial charge in [0, 0.05) is 0 Å². The minimum absolute atomic E-state index is 0.0746. The van der Waals surface area contributed by atoms with E-state index in [9.17, 15) is 4.39 Å². The first kappa shape index (κ1) is 17.9. The largest absolute Gasteiger partial charge is 0.206 e. The van der Waals surface area contributed by atoms with Crippen LogP contribution >= 0.6 is 0 Å². The van der Waals surface area contributed by atoms with Crippen molar-refractivity contribution < 1.29 is 4.39 Å². The number of nitrogens with zero attached hydrogens (tertiary/aromatic N) is 1. The Morgan fingerprint density at radius 2 is 1.73 bits per heavy atom. The average molecular weight is 343 g/mol. The molecule has 2 heteroatoms. The Bertz CT molecular complexity index is 938. The summed E-state index contributed by atoms with van der Waals surface area (Å²) in [4.78, 5) is 0. The zero-order valence-electron chi connectivity index (χ0n) is 15.2. The third kappa shape index (κ3) is 3.53. The second-order valence-corrected chi connectivity index (χ2v) is 6.63. The first-order valence-corrected chi connectivity index (χ1v) is 9.04. The number of benzene rings is 3. The number of nitriles is 1. The van der Waals surface area contributed by atoms with E-state index in [0.717, 1.165) is 35.1 Å². The van der Waals surface area contributed by atoms with Crippen molar-refractivity contribution in [2.75, 3.05) is 0 Å². The molecule has 0 fully saturated rings. The Hall–Kier alpha value is -2.92. The SMILES string of the molecule is CCCC(C)c1cccc(-c2ccc(C#N)c(F)c2)c1-c1ccccc1. The van der Waals surface area contributed by atoms with Crippen molar-refractivity contribution in [3.8, 4) is 28.3 Å². The van der Waals surface area contributed by atoms with Crippen LogP contribution in [0, 0.1) is 17.1 Å². The minimum atomic E-state index is -0.476. The van der Waals surface area contributed by atoms with Crippen LogP contribution in [-0.4, -0.2) is 0 Å². The van der Waals surface area contributed by atoms with E-state index in [4.69, 9.17) is 5.26 Å². The minimum Gasteiger partial charge on any atom is -0.206 e. The Morgan fingerprint density at radius 1 is 0.962 bits per heavy atom. The van der Waals surface area contributed by atoms with Gasteiger partial charge in [-0.1, -0.05) is 74.9 Å². The van der Waals surface area contributed by atoms with Gasteiger partial charge < -0.3 is 0 Å². The maximum atomic E-state index is 14.2. The van der Waals surface area contributed by atoms with Crippen LogP contribution in [0.4, 0.5) is 4.39 Å². The van der Waals surface area contributed by atoms with Gasteiger partial charge in [0.05, 0.1) is 5.56 Å². The summed E-state index contributed by atoms with van der Waals surface area (Å²) in [6.07, 6.45) is 2.22. The quantitative estimate of drug-likeness (QED) is 0.492. The van der Waals surface area contributed by atoms with Crippen molar-refractivity contribution in [1.29, 1.82) is 5.26 Å². The van der Waals surface area contributed by atoms with Gasteiger partial charge in [0.25, 0.3) is 0 Å². The molecule has 0 aliphatic rings. The molecule has 3 aromatic rings. The van der Waals surface area contributed by atoms with Gasteiger partial charge in [-0.25, -0.2) is 4.39 Å². The van der Waals surface area contributed by atoms with Crippen molar-refractivity contribution in [3.05, 3.63) is 83.7 Å². The lowest BCUT2D eigenvalue weighted by Gasteiger charge is -2.20. The number of hydrogen-bond acceptors (Lipinski definition) is 1. The molecule has 0 aromatic heterocycles. The summed E-state index contributed by atoms with van der Waals surface area (Å²) >= 11 is 0. The fourth-order valence-corrected chi connectivity index (χ4v) is 3.51. The average Bonchev–Trinajstić information content (AvgIpc) is 2.68. The van der Waals surface area contributed by atoms with Crippen LogP contribution in [0.1, 0.15) is 43.7 Å².